The van der Waals surface area contributed by atoms with Crippen LogP contribution in [-0.2, 0) is 15.0 Å². The standard InChI is InChI=1S/C20H25ClN2O2/c1-22-12-3-8-19(17(22)24)11-13-23(14-19)18(25)20(9-2-10-20)15-4-6-16(21)7-5-15/h4-7H,2-3,8-14H2,1H3/t19-/m0/s1. The van der Waals surface area contributed by atoms with Gasteiger partial charge in [0.25, 0.3) is 0 Å². The minimum atomic E-state index is -0.403. The van der Waals surface area contributed by atoms with Crippen molar-refractivity contribution in [1.82, 2.24) is 9.80 Å². The van der Waals surface area contributed by atoms with Crippen LogP contribution in [0, 0.1) is 5.41 Å². The van der Waals surface area contributed by atoms with Crippen LogP contribution in [0.4, 0.5) is 0 Å². The molecular formula is C20H25ClN2O2. The zero-order valence-electron chi connectivity index (χ0n) is 14.8. The normalized spacial score (nSPS) is 28.3. The van der Waals surface area contributed by atoms with Crippen LogP contribution in [0.1, 0.15) is 44.1 Å². The molecule has 25 heavy (non-hydrogen) atoms. The first-order chi connectivity index (χ1) is 12.0. The Bertz CT molecular complexity index is 698. The summed E-state index contributed by atoms with van der Waals surface area (Å²) in [7, 11) is 1.88. The SMILES string of the molecule is CN1CCC[C@@]2(CCN(C(=O)C3(c4ccc(Cl)cc4)CCC3)C2)C1=O. The summed E-state index contributed by atoms with van der Waals surface area (Å²) in [6, 6.07) is 7.72. The van der Waals surface area contributed by atoms with E-state index < -0.39 is 5.41 Å². The molecule has 1 aromatic carbocycles. The smallest absolute Gasteiger partial charge is 0.233 e. The number of carbonyl (C=O) groups is 2. The maximum atomic E-state index is 13.4. The minimum absolute atomic E-state index is 0.207. The Kier molecular flexibility index (Phi) is 4.06. The number of nitrogens with zero attached hydrogens (tertiary/aromatic N) is 2. The molecular weight excluding hydrogens is 336 g/mol. The molecule has 0 N–H and O–H groups in total. The topological polar surface area (TPSA) is 40.6 Å². The first-order valence-corrected chi connectivity index (χ1v) is 9.66. The van der Waals surface area contributed by atoms with Crippen molar-refractivity contribution >= 4 is 23.4 Å². The quantitative estimate of drug-likeness (QED) is 0.812. The van der Waals surface area contributed by atoms with Gasteiger partial charge in [-0.15, -0.1) is 0 Å². The first-order valence-electron chi connectivity index (χ1n) is 9.28. The van der Waals surface area contributed by atoms with Gasteiger partial charge in [-0.1, -0.05) is 30.2 Å². The summed E-state index contributed by atoms with van der Waals surface area (Å²) in [5, 5.41) is 0.696. The third kappa shape index (κ3) is 2.57. The van der Waals surface area contributed by atoms with Gasteiger partial charge in [0.05, 0.1) is 10.8 Å². The summed E-state index contributed by atoms with van der Waals surface area (Å²) >= 11 is 6.02. The summed E-state index contributed by atoms with van der Waals surface area (Å²) < 4.78 is 0. The highest BCUT2D eigenvalue weighted by Crippen LogP contribution is 2.48. The van der Waals surface area contributed by atoms with Crippen molar-refractivity contribution in [2.75, 3.05) is 26.7 Å². The van der Waals surface area contributed by atoms with Crippen molar-refractivity contribution in [3.8, 4) is 0 Å². The lowest BCUT2D eigenvalue weighted by Crippen LogP contribution is -2.53. The zero-order chi connectivity index (χ0) is 17.7. The second kappa shape index (κ2) is 6.01. The molecule has 2 amide bonds. The van der Waals surface area contributed by atoms with Gasteiger partial charge in [-0.25, -0.2) is 0 Å². The molecule has 2 aliphatic heterocycles. The molecule has 1 saturated carbocycles. The molecule has 3 aliphatic rings. The van der Waals surface area contributed by atoms with E-state index in [1.807, 2.05) is 41.1 Å². The molecule has 2 saturated heterocycles. The number of amides is 2. The molecule has 0 aromatic heterocycles. The lowest BCUT2D eigenvalue weighted by atomic mass is 9.63. The molecule has 0 unspecified atom stereocenters. The molecule has 134 valence electrons. The van der Waals surface area contributed by atoms with Gasteiger partial charge in [0.1, 0.15) is 0 Å². The Labute approximate surface area is 154 Å². The largest absolute Gasteiger partial charge is 0.345 e. The summed E-state index contributed by atoms with van der Waals surface area (Å²) in [6.07, 6.45) is 5.61. The Morgan fingerprint density at radius 3 is 2.40 bits per heavy atom. The van der Waals surface area contributed by atoms with Crippen molar-refractivity contribution in [2.45, 2.75) is 43.9 Å². The van der Waals surface area contributed by atoms with Gasteiger partial charge < -0.3 is 9.80 Å². The predicted molar refractivity (Wildman–Crippen MR) is 97.5 cm³/mol. The second-order valence-electron chi connectivity index (χ2n) is 8.03. The highest BCUT2D eigenvalue weighted by atomic mass is 35.5. The van der Waals surface area contributed by atoms with E-state index in [-0.39, 0.29) is 17.2 Å². The molecule has 1 aromatic rings. The van der Waals surface area contributed by atoms with Crippen molar-refractivity contribution < 1.29 is 9.59 Å². The number of halogens is 1. The molecule has 4 nitrogen and oxygen atoms in total. The van der Waals surface area contributed by atoms with Crippen LogP contribution in [-0.4, -0.2) is 48.3 Å². The van der Waals surface area contributed by atoms with Crippen LogP contribution in [0.5, 0.6) is 0 Å². The van der Waals surface area contributed by atoms with Crippen LogP contribution < -0.4 is 0 Å². The van der Waals surface area contributed by atoms with Crippen LogP contribution >= 0.6 is 11.6 Å². The van der Waals surface area contributed by atoms with Crippen molar-refractivity contribution in [3.63, 3.8) is 0 Å². The van der Waals surface area contributed by atoms with E-state index in [0.29, 0.717) is 18.1 Å². The number of likely N-dealkylation sites (tertiary alicyclic amines) is 2. The Balaban J connectivity index is 1.57. The van der Waals surface area contributed by atoms with Gasteiger partial charge in [-0.2, -0.15) is 0 Å². The van der Waals surface area contributed by atoms with E-state index in [1.165, 1.54) is 0 Å². The molecule has 2 heterocycles. The van der Waals surface area contributed by atoms with Gasteiger partial charge in [0.2, 0.25) is 11.8 Å². The average Bonchev–Trinajstić information content (AvgIpc) is 2.98. The van der Waals surface area contributed by atoms with E-state index >= 15 is 0 Å². The number of benzene rings is 1. The van der Waals surface area contributed by atoms with E-state index in [2.05, 4.69) is 0 Å². The minimum Gasteiger partial charge on any atom is -0.345 e. The number of rotatable bonds is 2. The number of hydrogen-bond donors (Lipinski definition) is 0. The van der Waals surface area contributed by atoms with E-state index in [4.69, 9.17) is 11.6 Å². The third-order valence-electron chi connectivity index (χ3n) is 6.60. The highest BCUT2D eigenvalue weighted by Gasteiger charge is 2.53. The first kappa shape index (κ1) is 16.9. The second-order valence-corrected chi connectivity index (χ2v) is 8.47. The van der Waals surface area contributed by atoms with E-state index in [0.717, 1.165) is 50.6 Å². The van der Waals surface area contributed by atoms with Crippen LogP contribution in [0.3, 0.4) is 0 Å². The van der Waals surface area contributed by atoms with Crippen molar-refractivity contribution in [2.24, 2.45) is 5.41 Å². The number of piperidine rings is 1. The van der Waals surface area contributed by atoms with E-state index in [9.17, 15) is 9.59 Å². The Hall–Kier alpha value is -1.55. The van der Waals surface area contributed by atoms with Gasteiger partial charge >= 0.3 is 0 Å². The lowest BCUT2D eigenvalue weighted by Gasteiger charge is -2.44. The molecule has 1 spiro atoms. The summed E-state index contributed by atoms with van der Waals surface area (Å²) in [4.78, 5) is 30.0. The van der Waals surface area contributed by atoms with Crippen LogP contribution in [0.25, 0.3) is 0 Å². The van der Waals surface area contributed by atoms with Gasteiger partial charge in [-0.3, -0.25) is 9.59 Å². The number of carbonyl (C=O) groups excluding carboxylic acids is 2. The van der Waals surface area contributed by atoms with Crippen molar-refractivity contribution in [3.05, 3.63) is 34.9 Å². The van der Waals surface area contributed by atoms with Gasteiger partial charge in [0, 0.05) is 31.7 Å². The van der Waals surface area contributed by atoms with Gasteiger partial charge in [0.15, 0.2) is 0 Å². The predicted octanol–water partition coefficient (Wildman–Crippen LogP) is 3.23. The Morgan fingerprint density at radius 2 is 1.76 bits per heavy atom. The maximum absolute atomic E-state index is 13.4. The summed E-state index contributed by atoms with van der Waals surface area (Å²) in [5.74, 6) is 0.433. The van der Waals surface area contributed by atoms with Crippen LogP contribution in [0.15, 0.2) is 24.3 Å². The molecule has 4 rings (SSSR count). The summed E-state index contributed by atoms with van der Waals surface area (Å²) in [6.45, 7) is 2.13. The van der Waals surface area contributed by atoms with Crippen LogP contribution in [0.2, 0.25) is 5.02 Å². The molecule has 5 heteroatoms. The van der Waals surface area contributed by atoms with Crippen molar-refractivity contribution in [1.29, 1.82) is 0 Å². The lowest BCUT2D eigenvalue weighted by molar-refractivity contribution is -0.146. The monoisotopic (exact) mass is 360 g/mol. The fourth-order valence-electron chi connectivity index (χ4n) is 4.92. The highest BCUT2D eigenvalue weighted by molar-refractivity contribution is 6.30. The molecule has 0 radical (unpaired) electrons. The maximum Gasteiger partial charge on any atom is 0.233 e. The summed E-state index contributed by atoms with van der Waals surface area (Å²) in [5.41, 5.74) is 0.328. The molecule has 1 atom stereocenters. The van der Waals surface area contributed by atoms with E-state index in [1.54, 1.807) is 0 Å². The number of hydrogen-bond acceptors (Lipinski definition) is 2. The molecule has 1 aliphatic carbocycles. The molecule has 3 fully saturated rings. The fraction of sp³-hybridized carbons (Fsp3) is 0.600. The van der Waals surface area contributed by atoms with Gasteiger partial charge in [-0.05, 0) is 49.8 Å². The fourth-order valence-corrected chi connectivity index (χ4v) is 5.05. The molecule has 0 bridgehead atoms. The zero-order valence-corrected chi connectivity index (χ0v) is 15.5. The Morgan fingerprint density at radius 1 is 1.04 bits per heavy atom. The average molecular weight is 361 g/mol. The third-order valence-corrected chi connectivity index (χ3v) is 6.86.